The standard InChI is InChI=1S/C12H15N3O4S/c1-4-8(16)6(2)12(10(18)19-3)7(5-13)9(17)14-11(20)15-12/h6-7H,4H2,1-3H3,(H2,14,15,17,20)/t6-,7-,12+/m1/s1. The van der Waals surface area contributed by atoms with Crippen LogP contribution in [0.25, 0.3) is 0 Å². The predicted octanol–water partition coefficient (Wildman–Crippen LogP) is -0.343. The number of hydrogen-bond acceptors (Lipinski definition) is 6. The molecular formula is C12H15N3O4S. The summed E-state index contributed by atoms with van der Waals surface area (Å²) in [6, 6.07) is 1.75. The van der Waals surface area contributed by atoms with Crippen LogP contribution in [0.4, 0.5) is 0 Å². The van der Waals surface area contributed by atoms with Crippen molar-refractivity contribution in [3.05, 3.63) is 0 Å². The Hall–Kier alpha value is -2.01. The zero-order chi connectivity index (χ0) is 15.5. The lowest BCUT2D eigenvalue weighted by molar-refractivity contribution is -0.158. The number of nitrogens with zero attached hydrogens (tertiary/aromatic N) is 1. The van der Waals surface area contributed by atoms with Gasteiger partial charge >= 0.3 is 5.97 Å². The molecule has 20 heavy (non-hydrogen) atoms. The number of ketones is 1. The van der Waals surface area contributed by atoms with Crippen LogP contribution >= 0.6 is 12.2 Å². The maximum Gasteiger partial charge on any atom is 0.334 e. The first kappa shape index (κ1) is 16.0. The Morgan fingerprint density at radius 1 is 1.60 bits per heavy atom. The molecule has 1 fully saturated rings. The molecule has 1 aliphatic heterocycles. The summed E-state index contributed by atoms with van der Waals surface area (Å²) in [5.41, 5.74) is -1.80. The number of methoxy groups -OCH3 is 1. The molecule has 1 amide bonds. The van der Waals surface area contributed by atoms with E-state index < -0.39 is 29.3 Å². The molecule has 1 saturated heterocycles. The van der Waals surface area contributed by atoms with E-state index >= 15 is 0 Å². The molecule has 0 spiro atoms. The van der Waals surface area contributed by atoms with Gasteiger partial charge in [0.1, 0.15) is 5.78 Å². The number of carbonyl (C=O) groups is 3. The monoisotopic (exact) mass is 297 g/mol. The van der Waals surface area contributed by atoms with Crippen LogP contribution in [0.2, 0.25) is 0 Å². The third kappa shape index (κ3) is 2.36. The number of thiocarbonyl (C=S) groups is 1. The Kier molecular flexibility index (Phi) is 4.78. The zero-order valence-corrected chi connectivity index (χ0v) is 12.2. The first-order valence-electron chi connectivity index (χ1n) is 5.98. The summed E-state index contributed by atoms with van der Waals surface area (Å²) in [6.07, 6.45) is 0.161. The molecule has 0 aromatic heterocycles. The van der Waals surface area contributed by atoms with E-state index in [9.17, 15) is 19.6 Å². The highest BCUT2D eigenvalue weighted by molar-refractivity contribution is 7.80. The highest BCUT2D eigenvalue weighted by Crippen LogP contribution is 2.32. The Bertz CT molecular complexity index is 513. The second-order valence-electron chi connectivity index (χ2n) is 4.41. The molecule has 8 heteroatoms. The molecule has 1 aliphatic rings. The maximum absolute atomic E-state index is 12.2. The van der Waals surface area contributed by atoms with Crippen LogP contribution in [0.3, 0.4) is 0 Å². The van der Waals surface area contributed by atoms with Gasteiger partial charge in [0, 0.05) is 6.42 Å². The van der Waals surface area contributed by atoms with Crippen molar-refractivity contribution in [1.29, 1.82) is 5.26 Å². The third-order valence-electron chi connectivity index (χ3n) is 3.44. The van der Waals surface area contributed by atoms with E-state index in [0.717, 1.165) is 7.11 Å². The first-order chi connectivity index (χ1) is 9.34. The number of amides is 1. The second-order valence-corrected chi connectivity index (χ2v) is 4.82. The Morgan fingerprint density at radius 2 is 2.20 bits per heavy atom. The molecule has 108 valence electrons. The zero-order valence-electron chi connectivity index (χ0n) is 11.4. The molecular weight excluding hydrogens is 282 g/mol. The molecule has 0 aliphatic carbocycles. The molecule has 0 aromatic rings. The lowest BCUT2D eigenvalue weighted by Gasteiger charge is -2.42. The van der Waals surface area contributed by atoms with E-state index in [1.165, 1.54) is 6.92 Å². The first-order valence-corrected chi connectivity index (χ1v) is 6.39. The van der Waals surface area contributed by atoms with E-state index in [1.807, 2.05) is 0 Å². The summed E-state index contributed by atoms with van der Waals surface area (Å²) < 4.78 is 4.69. The van der Waals surface area contributed by atoms with Gasteiger partial charge in [-0.2, -0.15) is 5.26 Å². The van der Waals surface area contributed by atoms with E-state index in [1.54, 1.807) is 13.0 Å². The normalized spacial score (nSPS) is 26.8. The van der Waals surface area contributed by atoms with Crippen molar-refractivity contribution in [3.63, 3.8) is 0 Å². The average Bonchev–Trinajstić information content (AvgIpc) is 2.43. The topological polar surface area (TPSA) is 108 Å². The highest BCUT2D eigenvalue weighted by Gasteiger charge is 2.59. The fourth-order valence-electron chi connectivity index (χ4n) is 2.28. The van der Waals surface area contributed by atoms with Gasteiger partial charge in [0.05, 0.1) is 19.1 Å². The van der Waals surface area contributed by atoms with Crippen molar-refractivity contribution in [2.75, 3.05) is 7.11 Å². The fourth-order valence-corrected chi connectivity index (χ4v) is 2.54. The molecule has 0 saturated carbocycles. The van der Waals surface area contributed by atoms with Crippen molar-refractivity contribution in [2.24, 2.45) is 11.8 Å². The molecule has 0 unspecified atom stereocenters. The van der Waals surface area contributed by atoms with Crippen molar-refractivity contribution >= 4 is 35.0 Å². The number of nitriles is 1. The second kappa shape index (κ2) is 5.96. The Balaban J connectivity index is 3.45. The highest BCUT2D eigenvalue weighted by atomic mass is 32.1. The quantitative estimate of drug-likeness (QED) is 0.539. The van der Waals surface area contributed by atoms with Crippen LogP contribution in [-0.4, -0.2) is 35.4 Å². The SMILES string of the molecule is CCC(=O)[C@@H](C)[C@]1(C(=O)OC)NC(=S)NC(=O)[C@H]1C#N. The van der Waals surface area contributed by atoms with Gasteiger partial charge in [0.2, 0.25) is 5.91 Å². The van der Waals surface area contributed by atoms with Crippen molar-refractivity contribution in [3.8, 4) is 6.07 Å². The molecule has 3 atom stereocenters. The minimum Gasteiger partial charge on any atom is -0.467 e. The molecule has 1 rings (SSSR count). The molecule has 2 N–H and O–H groups in total. The largest absolute Gasteiger partial charge is 0.467 e. The third-order valence-corrected chi connectivity index (χ3v) is 3.65. The van der Waals surface area contributed by atoms with Crippen LogP contribution in [0.15, 0.2) is 0 Å². The smallest absolute Gasteiger partial charge is 0.334 e. The molecule has 0 radical (unpaired) electrons. The van der Waals surface area contributed by atoms with Gasteiger partial charge in [-0.05, 0) is 12.2 Å². The van der Waals surface area contributed by atoms with Gasteiger partial charge in [-0.15, -0.1) is 0 Å². The minimum absolute atomic E-state index is 0.109. The van der Waals surface area contributed by atoms with Gasteiger partial charge < -0.3 is 15.4 Å². The van der Waals surface area contributed by atoms with Crippen LogP contribution in [0, 0.1) is 23.2 Å². The van der Waals surface area contributed by atoms with Crippen LogP contribution in [0.5, 0.6) is 0 Å². The number of esters is 1. The van der Waals surface area contributed by atoms with Crippen molar-refractivity contribution < 1.29 is 19.1 Å². The maximum atomic E-state index is 12.2. The van der Waals surface area contributed by atoms with E-state index in [4.69, 9.17) is 17.0 Å². The number of carbonyl (C=O) groups excluding carboxylic acids is 3. The summed E-state index contributed by atoms with van der Waals surface area (Å²) in [7, 11) is 1.12. The van der Waals surface area contributed by atoms with Gasteiger partial charge in [-0.25, -0.2) is 4.79 Å². The summed E-state index contributed by atoms with van der Waals surface area (Å²) in [6.45, 7) is 3.10. The summed E-state index contributed by atoms with van der Waals surface area (Å²) in [5, 5.41) is 14.0. The number of nitrogens with one attached hydrogen (secondary N) is 2. The van der Waals surface area contributed by atoms with Crippen molar-refractivity contribution in [2.45, 2.75) is 25.8 Å². The molecule has 1 heterocycles. The van der Waals surface area contributed by atoms with Crippen LogP contribution in [-0.2, 0) is 19.1 Å². The predicted molar refractivity (Wildman–Crippen MR) is 72.2 cm³/mol. The lowest BCUT2D eigenvalue weighted by Crippen LogP contribution is -2.73. The molecule has 7 nitrogen and oxygen atoms in total. The minimum atomic E-state index is -1.80. The average molecular weight is 297 g/mol. The summed E-state index contributed by atoms with van der Waals surface area (Å²) >= 11 is 4.87. The number of ether oxygens (including phenoxy) is 1. The van der Waals surface area contributed by atoms with Gasteiger partial charge in [-0.1, -0.05) is 13.8 Å². The molecule has 0 aromatic carbocycles. The van der Waals surface area contributed by atoms with Crippen LogP contribution < -0.4 is 10.6 Å². The van der Waals surface area contributed by atoms with Crippen molar-refractivity contribution in [1.82, 2.24) is 10.6 Å². The Morgan fingerprint density at radius 3 is 2.65 bits per heavy atom. The lowest BCUT2D eigenvalue weighted by atomic mass is 9.71. The number of hydrogen-bond donors (Lipinski definition) is 2. The summed E-state index contributed by atoms with van der Waals surface area (Å²) in [5.74, 6) is -4.21. The van der Waals surface area contributed by atoms with Gasteiger partial charge in [0.15, 0.2) is 16.6 Å². The van der Waals surface area contributed by atoms with E-state index in [-0.39, 0.29) is 17.3 Å². The van der Waals surface area contributed by atoms with Crippen LogP contribution in [0.1, 0.15) is 20.3 Å². The molecule has 0 bridgehead atoms. The van der Waals surface area contributed by atoms with E-state index in [2.05, 4.69) is 10.6 Å². The summed E-state index contributed by atoms with van der Waals surface area (Å²) in [4.78, 5) is 36.1. The fraction of sp³-hybridized carbons (Fsp3) is 0.583. The number of Topliss-reactive ketones (excluding diaryl/α,β-unsaturated/α-hetero) is 1. The van der Waals surface area contributed by atoms with Gasteiger partial charge in [-0.3, -0.25) is 9.59 Å². The number of rotatable bonds is 4. The van der Waals surface area contributed by atoms with Gasteiger partial charge in [0.25, 0.3) is 0 Å². The Labute approximate surface area is 121 Å². The van der Waals surface area contributed by atoms with E-state index in [0.29, 0.717) is 0 Å².